The Morgan fingerprint density at radius 2 is 1.89 bits per heavy atom. The number of pyridine rings is 1. The molecule has 5 rings (SSSR count). The van der Waals surface area contributed by atoms with Crippen molar-refractivity contribution < 1.29 is 26.7 Å². The van der Waals surface area contributed by atoms with Crippen LogP contribution < -0.4 is 20.1 Å². The molecule has 1 unspecified atom stereocenters. The average molecular weight is 513 g/mol. The van der Waals surface area contributed by atoms with Crippen LogP contribution in [0, 0.1) is 11.6 Å². The molecule has 1 aromatic heterocycles. The second kappa shape index (κ2) is 9.57. The number of ether oxygens (including phenoxy) is 2. The zero-order valence-corrected chi connectivity index (χ0v) is 20.0. The number of nitrogens with one attached hydrogen (secondary N) is 2. The van der Waals surface area contributed by atoms with E-state index in [1.807, 2.05) is 18.2 Å². The first-order valence-electron chi connectivity index (χ1n) is 11.2. The molecule has 0 saturated carbocycles. The third-order valence-corrected chi connectivity index (χ3v) is 7.27. The van der Waals surface area contributed by atoms with E-state index in [2.05, 4.69) is 20.6 Å². The fourth-order valence-electron chi connectivity index (χ4n) is 3.75. The van der Waals surface area contributed by atoms with E-state index in [0.717, 1.165) is 35.5 Å². The first-order valence-corrected chi connectivity index (χ1v) is 12.9. The van der Waals surface area contributed by atoms with Gasteiger partial charge in [0.2, 0.25) is 11.6 Å². The Balaban J connectivity index is 1.49. The molecule has 0 aliphatic carbocycles. The SMILES string of the molecule is CCS(=O)(=O)c1ccc(OC2=C(Oc3c(F)cccc3F)NC3NC(C4=NCCC=C4)=CC3=C2)cn1. The number of benzene rings is 1. The third-order valence-electron chi connectivity index (χ3n) is 5.63. The van der Waals surface area contributed by atoms with Crippen molar-refractivity contribution in [3.63, 3.8) is 0 Å². The fraction of sp³-hybridized carbons (Fsp3) is 0.200. The van der Waals surface area contributed by atoms with Crippen molar-refractivity contribution in [2.24, 2.45) is 4.99 Å². The van der Waals surface area contributed by atoms with Crippen molar-refractivity contribution in [1.29, 1.82) is 0 Å². The predicted octanol–water partition coefficient (Wildman–Crippen LogP) is 3.52. The van der Waals surface area contributed by atoms with Crippen LogP contribution in [0.25, 0.3) is 0 Å². The highest BCUT2D eigenvalue weighted by atomic mass is 32.2. The normalized spacial score (nSPS) is 19.0. The van der Waals surface area contributed by atoms with Crippen molar-refractivity contribution >= 4 is 15.5 Å². The number of fused-ring (bicyclic) bond motifs is 1. The van der Waals surface area contributed by atoms with Crippen molar-refractivity contribution in [1.82, 2.24) is 15.6 Å². The maximum atomic E-state index is 14.3. The van der Waals surface area contributed by atoms with Gasteiger partial charge in [0.05, 0.1) is 23.4 Å². The number of hydrogen-bond acceptors (Lipinski definition) is 8. The van der Waals surface area contributed by atoms with E-state index in [-0.39, 0.29) is 28.2 Å². The lowest BCUT2D eigenvalue weighted by Crippen LogP contribution is -2.43. The minimum Gasteiger partial charge on any atom is -0.450 e. The smallest absolute Gasteiger partial charge is 0.238 e. The minimum atomic E-state index is -3.48. The lowest BCUT2D eigenvalue weighted by Gasteiger charge is -2.26. The van der Waals surface area contributed by atoms with Crippen molar-refractivity contribution in [2.45, 2.75) is 24.5 Å². The Bertz CT molecular complexity index is 1440. The largest absolute Gasteiger partial charge is 0.450 e. The second-order valence-electron chi connectivity index (χ2n) is 8.07. The molecule has 0 amide bonds. The number of sulfone groups is 1. The maximum absolute atomic E-state index is 14.3. The van der Waals surface area contributed by atoms with Crippen molar-refractivity contribution in [2.75, 3.05) is 12.3 Å². The van der Waals surface area contributed by atoms with Gasteiger partial charge >= 0.3 is 0 Å². The predicted molar refractivity (Wildman–Crippen MR) is 129 cm³/mol. The lowest BCUT2D eigenvalue weighted by molar-refractivity contribution is 0.286. The molecule has 0 fully saturated rings. The van der Waals surface area contributed by atoms with E-state index >= 15 is 0 Å². The lowest BCUT2D eigenvalue weighted by atomic mass is 10.1. The quantitative estimate of drug-likeness (QED) is 0.585. The van der Waals surface area contributed by atoms with E-state index in [1.54, 1.807) is 6.08 Å². The Hall–Kier alpha value is -3.99. The van der Waals surface area contributed by atoms with Crippen LogP contribution in [0.15, 0.2) is 93.8 Å². The van der Waals surface area contributed by atoms with Gasteiger partial charge in [-0.2, -0.15) is 0 Å². The molecule has 0 radical (unpaired) electrons. The van der Waals surface area contributed by atoms with Gasteiger partial charge in [-0.1, -0.05) is 19.1 Å². The maximum Gasteiger partial charge on any atom is 0.238 e. The summed E-state index contributed by atoms with van der Waals surface area (Å²) in [4.78, 5) is 8.49. The van der Waals surface area contributed by atoms with Gasteiger partial charge in [0.15, 0.2) is 32.3 Å². The molecule has 1 aromatic carbocycles. The molecule has 1 atom stereocenters. The van der Waals surface area contributed by atoms with Crippen LogP contribution in [0.3, 0.4) is 0 Å². The fourth-order valence-corrected chi connectivity index (χ4v) is 4.53. The van der Waals surface area contributed by atoms with Gasteiger partial charge in [0, 0.05) is 12.1 Å². The number of rotatable bonds is 7. The van der Waals surface area contributed by atoms with E-state index in [1.165, 1.54) is 31.3 Å². The molecule has 8 nitrogen and oxygen atoms in total. The van der Waals surface area contributed by atoms with Gasteiger partial charge in [0.25, 0.3) is 0 Å². The minimum absolute atomic E-state index is 0.0405. The number of nitrogens with zero attached hydrogens (tertiary/aromatic N) is 2. The topological polar surface area (TPSA) is 102 Å². The summed E-state index contributed by atoms with van der Waals surface area (Å²) in [5.41, 5.74) is 2.35. The molecule has 186 valence electrons. The van der Waals surface area contributed by atoms with E-state index < -0.39 is 33.4 Å². The molecule has 0 saturated heterocycles. The van der Waals surface area contributed by atoms with Gasteiger partial charge in [-0.3, -0.25) is 4.99 Å². The van der Waals surface area contributed by atoms with E-state index in [9.17, 15) is 17.2 Å². The molecule has 3 aliphatic heterocycles. The average Bonchev–Trinajstić information content (AvgIpc) is 3.30. The van der Waals surface area contributed by atoms with Crippen LogP contribution in [-0.2, 0) is 9.84 Å². The van der Waals surface area contributed by atoms with Gasteiger partial charge in [-0.25, -0.2) is 22.2 Å². The molecule has 2 N–H and O–H groups in total. The molecular formula is C25H22F2N4O4S. The Morgan fingerprint density at radius 3 is 2.56 bits per heavy atom. The summed E-state index contributed by atoms with van der Waals surface area (Å²) < 4.78 is 64.3. The van der Waals surface area contributed by atoms with Gasteiger partial charge in [-0.15, -0.1) is 0 Å². The Morgan fingerprint density at radius 1 is 1.08 bits per heavy atom. The summed E-state index contributed by atoms with van der Waals surface area (Å²) in [6.07, 6.45) is 9.20. The second-order valence-corrected chi connectivity index (χ2v) is 10.3. The first-order chi connectivity index (χ1) is 17.3. The van der Waals surface area contributed by atoms with E-state index in [4.69, 9.17) is 9.47 Å². The zero-order valence-electron chi connectivity index (χ0n) is 19.2. The molecule has 4 heterocycles. The van der Waals surface area contributed by atoms with Crippen LogP contribution in [0.1, 0.15) is 13.3 Å². The Kier molecular flexibility index (Phi) is 6.31. The van der Waals surface area contributed by atoms with Crippen LogP contribution >= 0.6 is 0 Å². The first kappa shape index (κ1) is 23.7. The van der Waals surface area contributed by atoms with E-state index in [0.29, 0.717) is 6.54 Å². The van der Waals surface area contributed by atoms with Gasteiger partial charge in [-0.05, 0) is 48.9 Å². The number of hydrogen-bond donors (Lipinski definition) is 2. The van der Waals surface area contributed by atoms with Crippen molar-refractivity contribution in [3.05, 3.63) is 95.4 Å². The van der Waals surface area contributed by atoms with Crippen molar-refractivity contribution in [3.8, 4) is 11.5 Å². The zero-order chi connectivity index (χ0) is 25.3. The Labute approximate surface area is 206 Å². The number of aromatic nitrogens is 1. The summed E-state index contributed by atoms with van der Waals surface area (Å²) >= 11 is 0. The number of halogens is 2. The summed E-state index contributed by atoms with van der Waals surface area (Å²) in [6.45, 7) is 2.21. The number of dihydropyridines is 2. The molecule has 0 spiro atoms. The monoisotopic (exact) mass is 512 g/mol. The van der Waals surface area contributed by atoms with Crippen LogP contribution in [0.5, 0.6) is 11.5 Å². The number of para-hydroxylation sites is 1. The summed E-state index contributed by atoms with van der Waals surface area (Å²) in [7, 11) is -3.48. The molecule has 36 heavy (non-hydrogen) atoms. The summed E-state index contributed by atoms with van der Waals surface area (Å²) in [5, 5.41) is 6.28. The molecule has 2 aromatic rings. The molecule has 11 heteroatoms. The molecule has 3 aliphatic rings. The summed E-state index contributed by atoms with van der Waals surface area (Å²) in [6, 6.07) is 6.19. The molecular weight excluding hydrogens is 490 g/mol. The standard InChI is InChI=1S/C25H22F2N4O4S/c1-2-36(32,33)22-10-9-16(14-29-22)34-21-13-15-12-20(19-8-3-4-11-28-19)30-24(15)31-25(21)35-23-17(26)6-5-7-18(23)27/h3,5-10,12-14,24,30-31H,2,4,11H2,1H3. The summed E-state index contributed by atoms with van der Waals surface area (Å²) in [5.74, 6) is -2.15. The number of aliphatic imine (C=N–C) groups is 1. The van der Waals surface area contributed by atoms with Gasteiger partial charge < -0.3 is 20.1 Å². The highest BCUT2D eigenvalue weighted by Crippen LogP contribution is 2.30. The van der Waals surface area contributed by atoms with Crippen LogP contribution in [0.2, 0.25) is 0 Å². The van der Waals surface area contributed by atoms with Crippen LogP contribution in [0.4, 0.5) is 8.78 Å². The highest BCUT2D eigenvalue weighted by Gasteiger charge is 2.31. The third kappa shape index (κ3) is 4.74. The molecule has 0 bridgehead atoms. The van der Waals surface area contributed by atoms with Gasteiger partial charge in [0.1, 0.15) is 11.9 Å². The highest BCUT2D eigenvalue weighted by molar-refractivity contribution is 7.91. The number of allylic oxidation sites excluding steroid dienone is 2. The van der Waals surface area contributed by atoms with Crippen LogP contribution in [-0.4, -0.2) is 37.6 Å².